The molecule has 0 aromatic heterocycles. The molecule has 0 radical (unpaired) electrons. The third kappa shape index (κ3) is 6.71. The van der Waals surface area contributed by atoms with Crippen molar-refractivity contribution in [3.8, 4) is 0 Å². The Morgan fingerprint density at radius 3 is 2.15 bits per heavy atom. The van der Waals surface area contributed by atoms with Gasteiger partial charge < -0.3 is 5.32 Å². The Morgan fingerprint density at radius 2 is 1.55 bits per heavy atom. The molecule has 0 saturated heterocycles. The van der Waals surface area contributed by atoms with Crippen molar-refractivity contribution < 1.29 is 13.2 Å². The van der Waals surface area contributed by atoms with E-state index in [2.05, 4.69) is 5.32 Å². The standard InChI is InChI=1S/C24H23Cl3N2O3S/c1-16-3-11-22(12-4-16)33(31,32)29(14-19-7-10-21(26)13-23(19)27)15-24(30)28-17(2)18-5-8-20(25)9-6-18/h3-13,17H,14-15H2,1-2H3,(H,28,30)/t17-/m1/s1. The summed E-state index contributed by atoms with van der Waals surface area (Å²) < 4.78 is 27.9. The van der Waals surface area contributed by atoms with Gasteiger partial charge in [-0.1, -0.05) is 70.7 Å². The first-order valence-electron chi connectivity index (χ1n) is 10.1. The van der Waals surface area contributed by atoms with Gasteiger partial charge in [0.1, 0.15) is 0 Å². The van der Waals surface area contributed by atoms with Crippen molar-refractivity contribution in [3.05, 3.63) is 98.5 Å². The molecule has 0 bridgehead atoms. The molecule has 174 valence electrons. The molecule has 0 aliphatic rings. The van der Waals surface area contributed by atoms with Gasteiger partial charge in [-0.2, -0.15) is 4.31 Å². The highest BCUT2D eigenvalue weighted by atomic mass is 35.5. The van der Waals surface area contributed by atoms with E-state index in [1.807, 2.05) is 26.0 Å². The van der Waals surface area contributed by atoms with Gasteiger partial charge in [0, 0.05) is 21.6 Å². The minimum Gasteiger partial charge on any atom is -0.348 e. The number of halogens is 3. The summed E-state index contributed by atoms with van der Waals surface area (Å²) in [4.78, 5) is 13.0. The van der Waals surface area contributed by atoms with Crippen LogP contribution in [-0.4, -0.2) is 25.2 Å². The molecule has 5 nitrogen and oxygen atoms in total. The van der Waals surface area contributed by atoms with Gasteiger partial charge in [0.05, 0.1) is 17.5 Å². The Bertz CT molecular complexity index is 1230. The summed E-state index contributed by atoms with van der Waals surface area (Å²) in [5.41, 5.74) is 2.31. The summed E-state index contributed by atoms with van der Waals surface area (Å²) in [7, 11) is -3.98. The monoisotopic (exact) mass is 524 g/mol. The zero-order valence-electron chi connectivity index (χ0n) is 18.1. The van der Waals surface area contributed by atoms with Crippen LogP contribution in [0.25, 0.3) is 0 Å². The molecule has 1 atom stereocenters. The molecule has 0 aliphatic carbocycles. The van der Waals surface area contributed by atoms with E-state index in [0.717, 1.165) is 15.4 Å². The first-order chi connectivity index (χ1) is 15.6. The molecule has 1 N–H and O–H groups in total. The fraction of sp³-hybridized carbons (Fsp3) is 0.208. The molecule has 0 fully saturated rings. The van der Waals surface area contributed by atoms with Crippen molar-refractivity contribution >= 4 is 50.7 Å². The number of carbonyl (C=O) groups excluding carboxylic acids is 1. The topological polar surface area (TPSA) is 66.5 Å². The number of hydrogen-bond acceptors (Lipinski definition) is 3. The van der Waals surface area contributed by atoms with E-state index in [4.69, 9.17) is 34.8 Å². The number of aryl methyl sites for hydroxylation is 1. The molecule has 0 heterocycles. The van der Waals surface area contributed by atoms with Gasteiger partial charge in [-0.3, -0.25) is 4.79 Å². The highest BCUT2D eigenvalue weighted by Gasteiger charge is 2.28. The zero-order chi connectivity index (χ0) is 24.2. The zero-order valence-corrected chi connectivity index (χ0v) is 21.1. The second kappa shape index (κ2) is 10.9. The number of nitrogens with zero attached hydrogens (tertiary/aromatic N) is 1. The molecule has 3 aromatic rings. The summed E-state index contributed by atoms with van der Waals surface area (Å²) in [6.07, 6.45) is 0. The second-order valence-electron chi connectivity index (χ2n) is 7.66. The van der Waals surface area contributed by atoms with Gasteiger partial charge in [0.25, 0.3) is 0 Å². The predicted molar refractivity (Wildman–Crippen MR) is 133 cm³/mol. The van der Waals surface area contributed by atoms with E-state index in [1.54, 1.807) is 36.4 Å². The summed E-state index contributed by atoms with van der Waals surface area (Å²) in [5.74, 6) is -0.446. The molecule has 33 heavy (non-hydrogen) atoms. The fourth-order valence-electron chi connectivity index (χ4n) is 3.21. The molecule has 1 amide bonds. The Hall–Kier alpha value is -2.09. The van der Waals surface area contributed by atoms with Gasteiger partial charge in [-0.25, -0.2) is 8.42 Å². The number of hydrogen-bond donors (Lipinski definition) is 1. The van der Waals surface area contributed by atoms with Gasteiger partial charge in [0.2, 0.25) is 15.9 Å². The third-order valence-corrected chi connectivity index (χ3v) is 7.73. The maximum atomic E-state index is 13.4. The maximum Gasteiger partial charge on any atom is 0.243 e. The molecule has 0 aliphatic heterocycles. The molecule has 0 unspecified atom stereocenters. The van der Waals surface area contributed by atoms with Crippen molar-refractivity contribution in [2.45, 2.75) is 31.3 Å². The molecular weight excluding hydrogens is 503 g/mol. The minimum absolute atomic E-state index is 0.0883. The van der Waals surface area contributed by atoms with E-state index >= 15 is 0 Å². The Kier molecular flexibility index (Phi) is 8.43. The van der Waals surface area contributed by atoms with Crippen LogP contribution >= 0.6 is 34.8 Å². The lowest BCUT2D eigenvalue weighted by Gasteiger charge is -2.24. The van der Waals surface area contributed by atoms with Crippen molar-refractivity contribution in [2.24, 2.45) is 0 Å². The Balaban J connectivity index is 1.86. The lowest BCUT2D eigenvalue weighted by Crippen LogP contribution is -2.41. The van der Waals surface area contributed by atoms with Crippen LogP contribution < -0.4 is 5.32 Å². The number of benzene rings is 3. The van der Waals surface area contributed by atoms with E-state index in [0.29, 0.717) is 20.6 Å². The van der Waals surface area contributed by atoms with Crippen LogP contribution in [0.2, 0.25) is 15.1 Å². The van der Waals surface area contributed by atoms with E-state index in [-0.39, 0.29) is 24.0 Å². The van der Waals surface area contributed by atoms with Crippen LogP contribution in [-0.2, 0) is 21.4 Å². The van der Waals surface area contributed by atoms with Crippen LogP contribution in [0.4, 0.5) is 0 Å². The smallest absolute Gasteiger partial charge is 0.243 e. The van der Waals surface area contributed by atoms with E-state index in [1.165, 1.54) is 18.2 Å². The number of carbonyl (C=O) groups is 1. The average Bonchev–Trinajstić information content (AvgIpc) is 2.75. The molecule has 0 spiro atoms. The van der Waals surface area contributed by atoms with Gasteiger partial charge >= 0.3 is 0 Å². The van der Waals surface area contributed by atoms with Gasteiger partial charge in [-0.05, 0) is 61.4 Å². The molecule has 3 aromatic carbocycles. The molecule has 0 saturated carbocycles. The predicted octanol–water partition coefficient (Wildman–Crippen LogP) is 6.02. The van der Waals surface area contributed by atoms with Crippen LogP contribution in [0.3, 0.4) is 0 Å². The highest BCUT2D eigenvalue weighted by molar-refractivity contribution is 7.89. The van der Waals surface area contributed by atoms with Crippen LogP contribution in [0.15, 0.2) is 71.6 Å². The second-order valence-corrected chi connectivity index (χ2v) is 10.9. The van der Waals surface area contributed by atoms with Gasteiger partial charge in [-0.15, -0.1) is 0 Å². The Morgan fingerprint density at radius 1 is 0.939 bits per heavy atom. The number of amides is 1. The lowest BCUT2D eigenvalue weighted by molar-refractivity contribution is -0.122. The third-order valence-electron chi connectivity index (χ3n) is 5.09. The highest BCUT2D eigenvalue weighted by Crippen LogP contribution is 2.25. The SMILES string of the molecule is Cc1ccc(S(=O)(=O)N(CC(=O)N[C@H](C)c2ccc(Cl)cc2)Cc2ccc(Cl)cc2Cl)cc1. The summed E-state index contributed by atoms with van der Waals surface area (Å²) in [5, 5.41) is 4.19. The fourth-order valence-corrected chi connectivity index (χ4v) is 5.18. The van der Waals surface area contributed by atoms with Crippen LogP contribution in [0.1, 0.15) is 29.7 Å². The first kappa shape index (κ1) is 25.5. The van der Waals surface area contributed by atoms with Crippen LogP contribution in [0.5, 0.6) is 0 Å². The number of sulfonamides is 1. The normalized spacial score (nSPS) is 12.5. The maximum absolute atomic E-state index is 13.4. The number of nitrogens with one attached hydrogen (secondary N) is 1. The van der Waals surface area contributed by atoms with Crippen molar-refractivity contribution in [1.82, 2.24) is 9.62 Å². The molecular formula is C24H23Cl3N2O3S. The largest absolute Gasteiger partial charge is 0.348 e. The molecule has 9 heteroatoms. The lowest BCUT2D eigenvalue weighted by atomic mass is 10.1. The summed E-state index contributed by atoms with van der Waals surface area (Å²) in [6.45, 7) is 3.21. The minimum atomic E-state index is -3.98. The van der Waals surface area contributed by atoms with Crippen molar-refractivity contribution in [1.29, 1.82) is 0 Å². The van der Waals surface area contributed by atoms with Crippen LogP contribution in [0, 0.1) is 6.92 Å². The van der Waals surface area contributed by atoms with E-state index in [9.17, 15) is 13.2 Å². The van der Waals surface area contributed by atoms with Crippen molar-refractivity contribution in [2.75, 3.05) is 6.54 Å². The number of rotatable bonds is 8. The van der Waals surface area contributed by atoms with Crippen molar-refractivity contribution in [3.63, 3.8) is 0 Å². The average molecular weight is 526 g/mol. The van der Waals surface area contributed by atoms with Gasteiger partial charge in [0.15, 0.2) is 0 Å². The quantitative estimate of drug-likeness (QED) is 0.391. The first-order valence-corrected chi connectivity index (χ1v) is 12.7. The summed E-state index contributed by atoms with van der Waals surface area (Å²) in [6, 6.07) is 18.0. The Labute approximate surface area is 209 Å². The van der Waals surface area contributed by atoms with E-state index < -0.39 is 15.9 Å². The summed E-state index contributed by atoms with van der Waals surface area (Å²) >= 11 is 18.2. The molecule has 3 rings (SSSR count).